The standard InChI is InChI=1S/C20H26N4OS/c1-15(25)19-11-16(14-26-19)12-23-8-3-18(13-23)17-4-9-24(10-5-17)20-21-6-2-7-22-20/h2,6-7,11,14,17-18H,3-5,8-10,12-13H2,1H3/t18-/m1/s1. The normalized spacial score (nSPS) is 22.0. The molecular formula is C20H26N4OS. The smallest absolute Gasteiger partial charge is 0.225 e. The van der Waals surface area contributed by atoms with E-state index >= 15 is 0 Å². The Labute approximate surface area is 159 Å². The number of hydrogen-bond acceptors (Lipinski definition) is 6. The van der Waals surface area contributed by atoms with Crippen LogP contribution in [0.1, 0.15) is 41.4 Å². The van der Waals surface area contributed by atoms with Crippen LogP contribution in [0.2, 0.25) is 0 Å². The lowest BCUT2D eigenvalue weighted by molar-refractivity contribution is 0.102. The van der Waals surface area contributed by atoms with Gasteiger partial charge in [0.15, 0.2) is 5.78 Å². The van der Waals surface area contributed by atoms with Gasteiger partial charge in [0.2, 0.25) is 5.95 Å². The highest BCUT2D eigenvalue weighted by Gasteiger charge is 2.32. The second kappa shape index (κ2) is 7.84. The molecule has 6 heteroatoms. The number of ketones is 1. The van der Waals surface area contributed by atoms with E-state index in [1.165, 1.54) is 37.9 Å². The summed E-state index contributed by atoms with van der Waals surface area (Å²) in [5, 5.41) is 2.14. The fourth-order valence-electron chi connectivity index (χ4n) is 4.32. The molecule has 5 nitrogen and oxygen atoms in total. The molecule has 2 aromatic heterocycles. The van der Waals surface area contributed by atoms with Gasteiger partial charge in [0.25, 0.3) is 0 Å². The van der Waals surface area contributed by atoms with Crippen LogP contribution in [-0.4, -0.2) is 46.8 Å². The Morgan fingerprint density at radius 2 is 1.88 bits per heavy atom. The number of rotatable bonds is 5. The van der Waals surface area contributed by atoms with Crippen molar-refractivity contribution in [2.24, 2.45) is 11.8 Å². The lowest BCUT2D eigenvalue weighted by Gasteiger charge is -2.34. The zero-order valence-corrected chi connectivity index (χ0v) is 16.1. The van der Waals surface area contributed by atoms with Crippen molar-refractivity contribution in [3.05, 3.63) is 40.3 Å². The third kappa shape index (κ3) is 3.96. The first-order valence-electron chi connectivity index (χ1n) is 9.51. The molecule has 0 amide bonds. The maximum atomic E-state index is 11.5. The Hall–Kier alpha value is -1.79. The molecule has 0 spiro atoms. The van der Waals surface area contributed by atoms with Gasteiger partial charge in [0.1, 0.15) is 0 Å². The van der Waals surface area contributed by atoms with E-state index in [2.05, 4.69) is 31.2 Å². The first-order valence-corrected chi connectivity index (χ1v) is 10.4. The maximum absolute atomic E-state index is 11.5. The summed E-state index contributed by atoms with van der Waals surface area (Å²) in [7, 11) is 0. The van der Waals surface area contributed by atoms with Crippen molar-refractivity contribution < 1.29 is 4.79 Å². The van der Waals surface area contributed by atoms with Crippen LogP contribution in [0.4, 0.5) is 5.95 Å². The van der Waals surface area contributed by atoms with Crippen LogP contribution in [0.3, 0.4) is 0 Å². The second-order valence-electron chi connectivity index (χ2n) is 7.53. The van der Waals surface area contributed by atoms with Crippen molar-refractivity contribution in [2.45, 2.75) is 32.7 Å². The van der Waals surface area contributed by atoms with Gasteiger partial charge in [-0.1, -0.05) is 0 Å². The van der Waals surface area contributed by atoms with Gasteiger partial charge in [-0.15, -0.1) is 11.3 Å². The van der Waals surface area contributed by atoms with Crippen molar-refractivity contribution in [2.75, 3.05) is 31.1 Å². The predicted molar refractivity (Wildman–Crippen MR) is 105 cm³/mol. The number of piperidine rings is 1. The molecule has 0 aliphatic carbocycles. The molecule has 1 atom stereocenters. The minimum absolute atomic E-state index is 0.176. The van der Waals surface area contributed by atoms with Crippen LogP contribution in [-0.2, 0) is 6.54 Å². The largest absolute Gasteiger partial charge is 0.341 e. The Morgan fingerprint density at radius 1 is 1.15 bits per heavy atom. The van der Waals surface area contributed by atoms with Crippen LogP contribution in [0.15, 0.2) is 29.9 Å². The molecule has 2 saturated heterocycles. The van der Waals surface area contributed by atoms with Crippen molar-refractivity contribution in [3.8, 4) is 0 Å². The van der Waals surface area contributed by atoms with Crippen LogP contribution in [0.25, 0.3) is 0 Å². The Balaban J connectivity index is 1.27. The predicted octanol–water partition coefficient (Wildman–Crippen LogP) is 3.48. The van der Waals surface area contributed by atoms with Crippen LogP contribution < -0.4 is 4.90 Å². The van der Waals surface area contributed by atoms with E-state index in [1.807, 2.05) is 18.5 Å². The van der Waals surface area contributed by atoms with Crippen molar-refractivity contribution in [3.63, 3.8) is 0 Å². The number of thiophene rings is 1. The zero-order chi connectivity index (χ0) is 17.9. The summed E-state index contributed by atoms with van der Waals surface area (Å²) in [6.45, 7) is 7.14. The van der Waals surface area contributed by atoms with Crippen molar-refractivity contribution in [1.82, 2.24) is 14.9 Å². The van der Waals surface area contributed by atoms with Gasteiger partial charge in [0.05, 0.1) is 4.88 Å². The number of hydrogen-bond donors (Lipinski definition) is 0. The molecule has 0 N–H and O–H groups in total. The van der Waals surface area contributed by atoms with Crippen molar-refractivity contribution >= 4 is 23.1 Å². The van der Waals surface area contributed by atoms with Gasteiger partial charge >= 0.3 is 0 Å². The van der Waals surface area contributed by atoms with Crippen LogP contribution in [0.5, 0.6) is 0 Å². The maximum Gasteiger partial charge on any atom is 0.225 e. The highest BCUT2D eigenvalue weighted by Crippen LogP contribution is 2.33. The van der Waals surface area contributed by atoms with E-state index in [4.69, 9.17) is 0 Å². The molecular weight excluding hydrogens is 344 g/mol. The average Bonchev–Trinajstić information content (AvgIpc) is 3.33. The van der Waals surface area contributed by atoms with Crippen LogP contribution >= 0.6 is 11.3 Å². The van der Waals surface area contributed by atoms with E-state index in [0.717, 1.165) is 42.3 Å². The zero-order valence-electron chi connectivity index (χ0n) is 15.3. The molecule has 138 valence electrons. The van der Waals surface area contributed by atoms with Gasteiger partial charge in [-0.05, 0) is 67.6 Å². The SMILES string of the molecule is CC(=O)c1cc(CN2CC[C@@H](C3CCN(c4ncccn4)CC3)C2)cs1. The molecule has 0 aromatic carbocycles. The Bertz CT molecular complexity index is 739. The number of anilines is 1. The van der Waals surface area contributed by atoms with E-state index < -0.39 is 0 Å². The minimum Gasteiger partial charge on any atom is -0.341 e. The first kappa shape index (κ1) is 17.6. The monoisotopic (exact) mass is 370 g/mol. The molecule has 2 fully saturated rings. The first-order chi connectivity index (χ1) is 12.7. The van der Waals surface area contributed by atoms with E-state index in [0.29, 0.717) is 0 Å². The molecule has 2 aliphatic heterocycles. The summed E-state index contributed by atoms with van der Waals surface area (Å²) in [5.74, 6) is 2.67. The number of aromatic nitrogens is 2. The molecule has 2 aliphatic rings. The molecule has 4 heterocycles. The summed E-state index contributed by atoms with van der Waals surface area (Å²) < 4.78 is 0. The number of nitrogens with zero attached hydrogens (tertiary/aromatic N) is 4. The number of carbonyl (C=O) groups excluding carboxylic acids is 1. The van der Waals surface area contributed by atoms with Crippen molar-refractivity contribution in [1.29, 1.82) is 0 Å². The number of Topliss-reactive ketones (excluding diaryl/α,β-unsaturated/α-hetero) is 1. The van der Waals surface area contributed by atoms with Gasteiger partial charge < -0.3 is 4.90 Å². The summed E-state index contributed by atoms with van der Waals surface area (Å²) in [6.07, 6.45) is 7.43. The van der Waals surface area contributed by atoms with E-state index in [-0.39, 0.29) is 5.78 Å². The lowest BCUT2D eigenvalue weighted by atomic mass is 9.84. The topological polar surface area (TPSA) is 49.3 Å². The number of carbonyl (C=O) groups is 1. The molecule has 0 saturated carbocycles. The minimum atomic E-state index is 0.176. The van der Waals surface area contributed by atoms with Gasteiger partial charge in [0, 0.05) is 38.6 Å². The molecule has 0 unspecified atom stereocenters. The molecule has 4 rings (SSSR count). The third-order valence-electron chi connectivity index (χ3n) is 5.76. The Kier molecular flexibility index (Phi) is 5.31. The number of likely N-dealkylation sites (tertiary alicyclic amines) is 1. The summed E-state index contributed by atoms with van der Waals surface area (Å²) in [4.78, 5) is 26.0. The Morgan fingerprint density at radius 3 is 2.58 bits per heavy atom. The molecule has 0 radical (unpaired) electrons. The quantitative estimate of drug-likeness (QED) is 0.754. The highest BCUT2D eigenvalue weighted by atomic mass is 32.1. The lowest BCUT2D eigenvalue weighted by Crippen LogP contribution is -2.37. The highest BCUT2D eigenvalue weighted by molar-refractivity contribution is 7.12. The second-order valence-corrected chi connectivity index (χ2v) is 8.44. The van der Waals surface area contributed by atoms with Gasteiger partial charge in [-0.2, -0.15) is 0 Å². The summed E-state index contributed by atoms with van der Waals surface area (Å²) in [5.41, 5.74) is 1.29. The van der Waals surface area contributed by atoms with Gasteiger partial charge in [-0.25, -0.2) is 9.97 Å². The summed E-state index contributed by atoms with van der Waals surface area (Å²) in [6, 6.07) is 3.94. The average molecular weight is 371 g/mol. The van der Waals surface area contributed by atoms with Crippen LogP contribution in [0, 0.1) is 11.8 Å². The van der Waals surface area contributed by atoms with E-state index in [1.54, 1.807) is 18.3 Å². The van der Waals surface area contributed by atoms with E-state index in [9.17, 15) is 4.79 Å². The molecule has 2 aromatic rings. The molecule has 0 bridgehead atoms. The fourth-order valence-corrected chi connectivity index (χ4v) is 5.12. The third-order valence-corrected chi connectivity index (χ3v) is 6.84. The van der Waals surface area contributed by atoms with Gasteiger partial charge in [-0.3, -0.25) is 9.69 Å². The fraction of sp³-hybridized carbons (Fsp3) is 0.550. The summed E-state index contributed by atoms with van der Waals surface area (Å²) >= 11 is 1.57. The molecule has 26 heavy (non-hydrogen) atoms.